The number of nitrogens with one attached hydrogen (secondary N) is 2. The van der Waals surface area contributed by atoms with Crippen LogP contribution in [-0.4, -0.2) is 53.0 Å². The highest BCUT2D eigenvalue weighted by Crippen LogP contribution is 2.38. The standard InChI is InChI=1S/C12H18N2O6/c15-9(16)5-8(11(17)18)14-12(19)13-7-3-4-20-10(7)6-1-2-6/h6-8,10H,1-5H2,(H,15,16)(H,17,18)(H2,13,14,19)/t7?,8-,10?/m1/s1. The van der Waals surface area contributed by atoms with Crippen molar-refractivity contribution in [2.24, 2.45) is 5.92 Å². The highest BCUT2D eigenvalue weighted by atomic mass is 16.5. The molecule has 2 rings (SSSR count). The molecule has 0 radical (unpaired) electrons. The minimum absolute atomic E-state index is 0.0106. The lowest BCUT2D eigenvalue weighted by molar-refractivity contribution is -0.145. The van der Waals surface area contributed by atoms with E-state index in [4.69, 9.17) is 14.9 Å². The second kappa shape index (κ2) is 6.08. The Morgan fingerprint density at radius 2 is 1.90 bits per heavy atom. The van der Waals surface area contributed by atoms with Gasteiger partial charge in [0.2, 0.25) is 0 Å². The smallest absolute Gasteiger partial charge is 0.326 e. The van der Waals surface area contributed by atoms with E-state index in [0.29, 0.717) is 18.9 Å². The molecule has 20 heavy (non-hydrogen) atoms. The number of hydrogen-bond donors (Lipinski definition) is 4. The van der Waals surface area contributed by atoms with Crippen LogP contribution in [0.5, 0.6) is 0 Å². The van der Waals surface area contributed by atoms with E-state index < -0.39 is 30.4 Å². The Kier molecular flexibility index (Phi) is 4.43. The van der Waals surface area contributed by atoms with Gasteiger partial charge in [0, 0.05) is 6.61 Å². The molecule has 0 aromatic carbocycles. The van der Waals surface area contributed by atoms with Gasteiger partial charge in [-0.15, -0.1) is 0 Å². The van der Waals surface area contributed by atoms with E-state index >= 15 is 0 Å². The number of carboxylic acid groups (broad SMARTS) is 2. The normalized spacial score (nSPS) is 26.8. The Bertz CT molecular complexity index is 409. The summed E-state index contributed by atoms with van der Waals surface area (Å²) >= 11 is 0. The third-order valence-corrected chi connectivity index (χ3v) is 3.52. The van der Waals surface area contributed by atoms with Gasteiger partial charge in [0.15, 0.2) is 0 Å². The number of carboxylic acids is 2. The number of aliphatic carboxylic acids is 2. The lowest BCUT2D eigenvalue weighted by Gasteiger charge is -2.21. The van der Waals surface area contributed by atoms with Gasteiger partial charge in [-0.3, -0.25) is 4.79 Å². The molecule has 1 saturated heterocycles. The average molecular weight is 286 g/mol. The van der Waals surface area contributed by atoms with E-state index in [9.17, 15) is 14.4 Å². The Hall–Kier alpha value is -1.83. The maximum absolute atomic E-state index is 11.7. The van der Waals surface area contributed by atoms with Gasteiger partial charge in [-0.25, -0.2) is 9.59 Å². The molecule has 1 aliphatic heterocycles. The zero-order chi connectivity index (χ0) is 14.7. The first-order valence-corrected chi connectivity index (χ1v) is 6.60. The van der Waals surface area contributed by atoms with Crippen molar-refractivity contribution in [2.45, 2.75) is 43.9 Å². The summed E-state index contributed by atoms with van der Waals surface area (Å²) in [6, 6.07) is -2.24. The summed E-state index contributed by atoms with van der Waals surface area (Å²) in [5.41, 5.74) is 0. The molecule has 0 bridgehead atoms. The minimum atomic E-state index is -1.44. The summed E-state index contributed by atoms with van der Waals surface area (Å²) in [6.07, 6.45) is 2.19. The number of amides is 2. The van der Waals surface area contributed by atoms with Gasteiger partial charge in [-0.1, -0.05) is 0 Å². The Morgan fingerprint density at radius 3 is 2.45 bits per heavy atom. The molecule has 2 unspecified atom stereocenters. The van der Waals surface area contributed by atoms with E-state index in [1.54, 1.807) is 0 Å². The molecule has 2 aliphatic rings. The van der Waals surface area contributed by atoms with Crippen molar-refractivity contribution in [1.29, 1.82) is 0 Å². The average Bonchev–Trinajstić information content (AvgIpc) is 3.09. The molecule has 2 fully saturated rings. The molecular formula is C12H18N2O6. The molecule has 2 amide bonds. The lowest BCUT2D eigenvalue weighted by Crippen LogP contribution is -2.51. The predicted octanol–water partition coefficient (Wildman–Crippen LogP) is -0.219. The summed E-state index contributed by atoms with van der Waals surface area (Å²) in [5, 5.41) is 22.3. The van der Waals surface area contributed by atoms with Gasteiger partial charge in [0.1, 0.15) is 6.04 Å². The van der Waals surface area contributed by atoms with Crippen LogP contribution < -0.4 is 10.6 Å². The third-order valence-electron chi connectivity index (χ3n) is 3.52. The number of carbonyl (C=O) groups is 3. The minimum Gasteiger partial charge on any atom is -0.481 e. The highest BCUT2D eigenvalue weighted by Gasteiger charge is 2.41. The molecule has 3 atom stereocenters. The lowest BCUT2D eigenvalue weighted by atomic mass is 10.1. The van der Waals surface area contributed by atoms with E-state index in [-0.39, 0.29) is 12.1 Å². The van der Waals surface area contributed by atoms with E-state index in [1.165, 1.54) is 0 Å². The van der Waals surface area contributed by atoms with Crippen LogP contribution in [0, 0.1) is 5.92 Å². The van der Waals surface area contributed by atoms with Crippen molar-refractivity contribution in [3.8, 4) is 0 Å². The zero-order valence-electron chi connectivity index (χ0n) is 10.9. The first kappa shape index (κ1) is 14.6. The Labute approximate surface area is 115 Å². The molecule has 1 saturated carbocycles. The van der Waals surface area contributed by atoms with Crippen LogP contribution in [0.25, 0.3) is 0 Å². The number of rotatable bonds is 6. The quantitative estimate of drug-likeness (QED) is 0.535. The van der Waals surface area contributed by atoms with E-state index in [0.717, 1.165) is 12.8 Å². The second-order valence-corrected chi connectivity index (χ2v) is 5.17. The van der Waals surface area contributed by atoms with Crippen molar-refractivity contribution in [2.75, 3.05) is 6.61 Å². The maximum Gasteiger partial charge on any atom is 0.326 e. The molecule has 112 valence electrons. The van der Waals surface area contributed by atoms with Gasteiger partial charge in [0.05, 0.1) is 18.6 Å². The molecule has 1 aliphatic carbocycles. The molecule has 0 spiro atoms. The Balaban J connectivity index is 1.84. The van der Waals surface area contributed by atoms with Crippen LogP contribution in [0.15, 0.2) is 0 Å². The fourth-order valence-corrected chi connectivity index (χ4v) is 2.40. The summed E-state index contributed by atoms with van der Waals surface area (Å²) in [5.74, 6) is -2.18. The summed E-state index contributed by atoms with van der Waals surface area (Å²) < 4.78 is 5.55. The van der Waals surface area contributed by atoms with Gasteiger partial charge in [-0.05, 0) is 25.2 Å². The molecule has 8 nitrogen and oxygen atoms in total. The van der Waals surface area contributed by atoms with Crippen LogP contribution in [0.1, 0.15) is 25.7 Å². The van der Waals surface area contributed by atoms with Gasteiger partial charge in [0.25, 0.3) is 0 Å². The largest absolute Gasteiger partial charge is 0.481 e. The number of carbonyl (C=O) groups excluding carboxylic acids is 1. The molecule has 1 heterocycles. The summed E-state index contributed by atoms with van der Waals surface area (Å²) in [4.78, 5) is 33.1. The second-order valence-electron chi connectivity index (χ2n) is 5.17. The summed E-state index contributed by atoms with van der Waals surface area (Å²) in [6.45, 7) is 0.573. The molecular weight excluding hydrogens is 268 g/mol. The molecule has 8 heteroatoms. The van der Waals surface area contributed by atoms with Crippen LogP contribution in [-0.2, 0) is 14.3 Å². The van der Waals surface area contributed by atoms with Gasteiger partial charge in [-0.2, -0.15) is 0 Å². The van der Waals surface area contributed by atoms with Crippen LogP contribution >= 0.6 is 0 Å². The predicted molar refractivity (Wildman–Crippen MR) is 66.2 cm³/mol. The maximum atomic E-state index is 11.7. The van der Waals surface area contributed by atoms with Gasteiger partial charge < -0.3 is 25.6 Å². The zero-order valence-corrected chi connectivity index (χ0v) is 10.9. The Morgan fingerprint density at radius 1 is 1.20 bits per heavy atom. The van der Waals surface area contributed by atoms with E-state index in [2.05, 4.69) is 10.6 Å². The highest BCUT2D eigenvalue weighted by molar-refractivity contribution is 5.86. The van der Waals surface area contributed by atoms with Crippen LogP contribution in [0.2, 0.25) is 0 Å². The van der Waals surface area contributed by atoms with Crippen molar-refractivity contribution in [3.63, 3.8) is 0 Å². The van der Waals surface area contributed by atoms with Crippen LogP contribution in [0.3, 0.4) is 0 Å². The van der Waals surface area contributed by atoms with Crippen molar-refractivity contribution in [3.05, 3.63) is 0 Å². The fraction of sp³-hybridized carbons (Fsp3) is 0.750. The van der Waals surface area contributed by atoms with Crippen molar-refractivity contribution >= 4 is 18.0 Å². The number of hydrogen-bond acceptors (Lipinski definition) is 4. The van der Waals surface area contributed by atoms with Crippen molar-refractivity contribution in [1.82, 2.24) is 10.6 Å². The number of urea groups is 1. The first-order valence-electron chi connectivity index (χ1n) is 6.60. The van der Waals surface area contributed by atoms with Crippen molar-refractivity contribution < 1.29 is 29.3 Å². The first-order chi connectivity index (χ1) is 9.47. The van der Waals surface area contributed by atoms with Gasteiger partial charge >= 0.3 is 18.0 Å². The molecule has 4 N–H and O–H groups in total. The monoisotopic (exact) mass is 286 g/mol. The number of ether oxygens (including phenoxy) is 1. The topological polar surface area (TPSA) is 125 Å². The summed E-state index contributed by atoms with van der Waals surface area (Å²) in [7, 11) is 0. The molecule has 0 aromatic rings. The van der Waals surface area contributed by atoms with E-state index in [1.807, 2.05) is 0 Å². The third kappa shape index (κ3) is 3.83. The SMILES string of the molecule is O=C(O)C[C@@H](NC(=O)NC1CCOC1C1CC1)C(=O)O. The molecule has 0 aromatic heterocycles. The van der Waals surface area contributed by atoms with Crippen LogP contribution in [0.4, 0.5) is 4.79 Å². The fourth-order valence-electron chi connectivity index (χ4n) is 2.40.